The number of rotatable bonds is 5. The maximum Gasteiger partial charge on any atom is 0.387 e. The molecule has 0 heterocycles. The fourth-order valence-electron chi connectivity index (χ4n) is 1.37. The number of ether oxygens (including phenoxy) is 1. The topological polar surface area (TPSA) is 38.3 Å². The molecule has 1 rings (SSSR count). The van der Waals surface area contributed by atoms with Crippen LogP contribution in [0.4, 0.5) is 8.78 Å². The maximum absolute atomic E-state index is 12.1. The van der Waals surface area contributed by atoms with E-state index >= 15 is 0 Å². The molecule has 0 aromatic heterocycles. The zero-order valence-corrected chi connectivity index (χ0v) is 10.7. The first-order valence-electron chi connectivity index (χ1n) is 5.39. The molecule has 0 saturated carbocycles. The molecule has 1 aromatic carbocycles. The van der Waals surface area contributed by atoms with Crippen LogP contribution in [0.5, 0.6) is 5.75 Å². The highest BCUT2D eigenvalue weighted by Gasteiger charge is 2.14. The molecule has 0 aliphatic rings. The Morgan fingerprint density at radius 1 is 1.39 bits per heavy atom. The number of carbonyl (C=O) groups is 1. The van der Waals surface area contributed by atoms with Crippen LogP contribution >= 0.6 is 11.6 Å². The van der Waals surface area contributed by atoms with E-state index in [1.54, 1.807) is 26.0 Å². The molecule has 6 heteroatoms. The fourth-order valence-corrected chi connectivity index (χ4v) is 1.43. The summed E-state index contributed by atoms with van der Waals surface area (Å²) in [6, 6.07) is 5.84. The summed E-state index contributed by atoms with van der Waals surface area (Å²) in [5, 5.41) is 2.02. The van der Waals surface area contributed by atoms with E-state index in [2.05, 4.69) is 10.1 Å². The summed E-state index contributed by atoms with van der Waals surface area (Å²) < 4.78 is 28.4. The van der Waals surface area contributed by atoms with Crippen LogP contribution in [0, 0.1) is 0 Å². The van der Waals surface area contributed by atoms with E-state index in [0.717, 1.165) is 0 Å². The van der Waals surface area contributed by atoms with Crippen molar-refractivity contribution in [3.8, 4) is 5.75 Å². The smallest absolute Gasteiger partial charge is 0.387 e. The summed E-state index contributed by atoms with van der Waals surface area (Å²) in [6.45, 7) is 0.423. The predicted molar refractivity (Wildman–Crippen MR) is 64.9 cm³/mol. The van der Waals surface area contributed by atoms with Gasteiger partial charge >= 0.3 is 6.61 Å². The number of carbonyl (C=O) groups excluding carboxylic acids is 1. The summed E-state index contributed by atoms with van der Waals surface area (Å²) in [7, 11) is 0. The first kappa shape index (κ1) is 14.7. The lowest BCUT2D eigenvalue weighted by Gasteiger charge is -2.16. The van der Waals surface area contributed by atoms with Crippen molar-refractivity contribution in [1.82, 2.24) is 5.32 Å². The number of nitrogens with one attached hydrogen (secondary N) is 1. The average Bonchev–Trinajstić information content (AvgIpc) is 2.28. The Morgan fingerprint density at radius 2 is 2.06 bits per heavy atom. The van der Waals surface area contributed by atoms with E-state index < -0.39 is 12.0 Å². The maximum atomic E-state index is 12.1. The summed E-state index contributed by atoms with van der Waals surface area (Å²) in [5.41, 5.74) is 0.666. The lowest BCUT2D eigenvalue weighted by atomic mass is 10.1. The number of amides is 1. The van der Waals surface area contributed by atoms with E-state index in [-0.39, 0.29) is 17.7 Å². The Hall–Kier alpha value is -1.36. The Bertz CT molecular complexity index is 413. The zero-order chi connectivity index (χ0) is 13.7. The molecule has 1 amide bonds. The molecule has 0 radical (unpaired) electrons. The van der Waals surface area contributed by atoms with Gasteiger partial charge in [-0.05, 0) is 31.5 Å². The van der Waals surface area contributed by atoms with Crippen LogP contribution in [0.2, 0.25) is 0 Å². The van der Waals surface area contributed by atoms with Crippen LogP contribution in [0.3, 0.4) is 0 Å². The first-order chi connectivity index (χ1) is 8.40. The summed E-state index contributed by atoms with van der Waals surface area (Å²) in [5.74, 6) is -0.258. The van der Waals surface area contributed by atoms with Gasteiger partial charge in [0.1, 0.15) is 11.1 Å². The Labute approximate surface area is 109 Å². The Kier molecular flexibility index (Phi) is 5.34. The van der Waals surface area contributed by atoms with Crippen molar-refractivity contribution >= 4 is 17.5 Å². The molecule has 0 aliphatic carbocycles. The van der Waals surface area contributed by atoms with Crippen molar-refractivity contribution in [3.05, 3.63) is 29.8 Å². The molecular weight excluding hydrogens is 264 g/mol. The zero-order valence-electron chi connectivity index (χ0n) is 9.99. The molecule has 1 N–H and O–H groups in total. The third kappa shape index (κ3) is 4.49. The van der Waals surface area contributed by atoms with Gasteiger partial charge in [0.15, 0.2) is 0 Å². The van der Waals surface area contributed by atoms with Crippen LogP contribution in [0.25, 0.3) is 0 Å². The van der Waals surface area contributed by atoms with Gasteiger partial charge in [-0.15, -0.1) is 11.6 Å². The van der Waals surface area contributed by atoms with E-state index in [0.29, 0.717) is 5.56 Å². The number of alkyl halides is 3. The molecular formula is C12H14ClF2NO2. The van der Waals surface area contributed by atoms with Gasteiger partial charge in [0.05, 0.1) is 6.04 Å². The summed E-state index contributed by atoms with van der Waals surface area (Å²) in [6.07, 6.45) is 0. The molecule has 0 aliphatic heterocycles. The molecule has 0 bridgehead atoms. The molecule has 2 atom stereocenters. The second-order valence-corrected chi connectivity index (χ2v) is 4.45. The molecule has 0 fully saturated rings. The third-order valence-corrected chi connectivity index (χ3v) is 2.50. The number of halogens is 3. The molecule has 1 aromatic rings. The highest BCUT2D eigenvalue weighted by molar-refractivity contribution is 6.30. The van der Waals surface area contributed by atoms with Gasteiger partial charge in [-0.2, -0.15) is 8.78 Å². The van der Waals surface area contributed by atoms with E-state index in [4.69, 9.17) is 11.6 Å². The Balaban J connectivity index is 2.73. The van der Waals surface area contributed by atoms with Crippen molar-refractivity contribution in [2.24, 2.45) is 0 Å². The minimum Gasteiger partial charge on any atom is -0.435 e. The van der Waals surface area contributed by atoms with Gasteiger partial charge in [0.2, 0.25) is 5.91 Å². The van der Waals surface area contributed by atoms with Crippen molar-refractivity contribution in [2.45, 2.75) is 31.9 Å². The molecule has 100 valence electrons. The van der Waals surface area contributed by atoms with E-state index in [1.165, 1.54) is 12.1 Å². The van der Waals surface area contributed by atoms with Gasteiger partial charge < -0.3 is 10.1 Å². The highest BCUT2D eigenvalue weighted by Crippen LogP contribution is 2.20. The second-order valence-electron chi connectivity index (χ2n) is 3.80. The first-order valence-corrected chi connectivity index (χ1v) is 5.83. The molecule has 18 heavy (non-hydrogen) atoms. The van der Waals surface area contributed by atoms with Gasteiger partial charge in [0, 0.05) is 0 Å². The molecule has 3 nitrogen and oxygen atoms in total. The predicted octanol–water partition coefficient (Wildman–Crippen LogP) is 3.09. The monoisotopic (exact) mass is 277 g/mol. The van der Waals surface area contributed by atoms with Crippen LogP contribution in [0.15, 0.2) is 24.3 Å². The molecule has 2 unspecified atom stereocenters. The standard InChI is InChI=1S/C12H14ClF2NO2/c1-7(13)11(17)16-8(2)9-4-3-5-10(6-9)18-12(14)15/h3-8,12H,1-2H3,(H,16,17). The van der Waals surface area contributed by atoms with Gasteiger partial charge in [-0.3, -0.25) is 4.79 Å². The SMILES string of the molecule is CC(Cl)C(=O)NC(C)c1cccc(OC(F)F)c1. The van der Waals surface area contributed by atoms with Crippen LogP contribution < -0.4 is 10.1 Å². The minimum absolute atomic E-state index is 0.0579. The van der Waals surface area contributed by atoms with E-state index in [1.807, 2.05) is 0 Å². The van der Waals surface area contributed by atoms with Crippen molar-refractivity contribution < 1.29 is 18.3 Å². The van der Waals surface area contributed by atoms with Crippen molar-refractivity contribution in [1.29, 1.82) is 0 Å². The number of benzene rings is 1. The summed E-state index contributed by atoms with van der Waals surface area (Å²) >= 11 is 5.62. The minimum atomic E-state index is -2.87. The lowest BCUT2D eigenvalue weighted by Crippen LogP contribution is -2.31. The largest absolute Gasteiger partial charge is 0.435 e. The molecule has 0 spiro atoms. The average molecular weight is 278 g/mol. The fraction of sp³-hybridized carbons (Fsp3) is 0.417. The normalized spacial score (nSPS) is 14.1. The highest BCUT2D eigenvalue weighted by atomic mass is 35.5. The number of hydrogen-bond donors (Lipinski definition) is 1. The van der Waals surface area contributed by atoms with Crippen molar-refractivity contribution in [3.63, 3.8) is 0 Å². The van der Waals surface area contributed by atoms with E-state index in [9.17, 15) is 13.6 Å². The van der Waals surface area contributed by atoms with Crippen LogP contribution in [-0.4, -0.2) is 17.9 Å². The second kappa shape index (κ2) is 6.54. The van der Waals surface area contributed by atoms with Crippen molar-refractivity contribution in [2.75, 3.05) is 0 Å². The summed E-state index contributed by atoms with van der Waals surface area (Å²) in [4.78, 5) is 11.4. The quantitative estimate of drug-likeness (QED) is 0.840. The van der Waals surface area contributed by atoms with Crippen LogP contribution in [-0.2, 0) is 4.79 Å². The lowest BCUT2D eigenvalue weighted by molar-refractivity contribution is -0.121. The van der Waals surface area contributed by atoms with Gasteiger partial charge in [0.25, 0.3) is 0 Å². The van der Waals surface area contributed by atoms with Crippen LogP contribution in [0.1, 0.15) is 25.5 Å². The van der Waals surface area contributed by atoms with Gasteiger partial charge in [-0.25, -0.2) is 0 Å². The molecule has 0 saturated heterocycles. The van der Waals surface area contributed by atoms with Gasteiger partial charge in [-0.1, -0.05) is 12.1 Å². The Morgan fingerprint density at radius 3 is 2.61 bits per heavy atom. The third-order valence-electron chi connectivity index (χ3n) is 2.30. The number of hydrogen-bond acceptors (Lipinski definition) is 2.